The molecule has 1 saturated carbocycles. The van der Waals surface area contributed by atoms with Crippen molar-refractivity contribution in [1.29, 1.82) is 0 Å². The third kappa shape index (κ3) is 5.60. The second-order valence-electron chi connectivity index (χ2n) is 9.72. The summed E-state index contributed by atoms with van der Waals surface area (Å²) in [6.07, 6.45) is 2.48. The third-order valence-electron chi connectivity index (χ3n) is 7.02. The summed E-state index contributed by atoms with van der Waals surface area (Å²) in [6, 6.07) is 2.49. The molecule has 2 atom stereocenters. The first-order chi connectivity index (χ1) is 17.7. The average molecular weight is 519 g/mol. The Morgan fingerprint density at radius 1 is 1.16 bits per heavy atom. The molecule has 2 aliphatic rings. The van der Waals surface area contributed by atoms with Gasteiger partial charge in [-0.15, -0.1) is 0 Å². The number of fused-ring (bicyclic) bond motifs is 1. The molecule has 0 aromatic carbocycles. The highest BCUT2D eigenvalue weighted by molar-refractivity contribution is 5.77. The summed E-state index contributed by atoms with van der Waals surface area (Å²) in [6.45, 7) is 2.68. The Kier molecular flexibility index (Phi) is 6.88. The number of amides is 1. The molecule has 1 aliphatic heterocycles. The Labute approximate surface area is 211 Å². The highest BCUT2D eigenvalue weighted by Crippen LogP contribution is 2.37. The Morgan fingerprint density at radius 2 is 1.95 bits per heavy atom. The van der Waals surface area contributed by atoms with E-state index in [-0.39, 0.29) is 35.7 Å². The number of anilines is 3. The Hall–Kier alpha value is -3.48. The number of imidazole rings is 1. The molecule has 0 unspecified atom stereocenters. The van der Waals surface area contributed by atoms with Gasteiger partial charge in [-0.1, -0.05) is 0 Å². The van der Waals surface area contributed by atoms with E-state index in [1.54, 1.807) is 6.20 Å². The second-order valence-corrected chi connectivity index (χ2v) is 9.72. The molecule has 1 aliphatic carbocycles. The van der Waals surface area contributed by atoms with E-state index >= 15 is 0 Å². The normalized spacial score (nSPS) is 24.6. The van der Waals surface area contributed by atoms with E-state index < -0.39 is 11.9 Å². The van der Waals surface area contributed by atoms with Crippen LogP contribution in [0.5, 0.6) is 0 Å². The molecule has 0 spiro atoms. The van der Waals surface area contributed by atoms with Gasteiger partial charge in [0.1, 0.15) is 11.2 Å². The lowest BCUT2D eigenvalue weighted by Crippen LogP contribution is -2.33. The van der Waals surface area contributed by atoms with Gasteiger partial charge in [0, 0.05) is 36.5 Å². The molecule has 2 fully saturated rings. The number of primary amides is 1. The van der Waals surface area contributed by atoms with E-state index in [0.717, 1.165) is 25.1 Å². The predicted molar refractivity (Wildman–Crippen MR) is 130 cm³/mol. The fraction of sp³-hybridized carbons (Fsp3) is 0.542. The van der Waals surface area contributed by atoms with Crippen LogP contribution in [0, 0.1) is 5.92 Å². The molecule has 13 heteroatoms. The lowest BCUT2D eigenvalue weighted by molar-refractivity contribution is -0.141. The van der Waals surface area contributed by atoms with Gasteiger partial charge in [-0.2, -0.15) is 18.2 Å². The van der Waals surface area contributed by atoms with Crippen molar-refractivity contribution in [2.45, 2.75) is 69.8 Å². The SMILES string of the molecule is C[C@H]1C[C@@H](Nc2ncc3nc(Nc4ccnc(C(F)(F)F)c4)n(C4CCC(C(N)=O)CC4)c3n2)CCO1. The van der Waals surface area contributed by atoms with E-state index in [2.05, 4.69) is 25.6 Å². The zero-order chi connectivity index (χ0) is 26.2. The maximum Gasteiger partial charge on any atom is 0.433 e. The summed E-state index contributed by atoms with van der Waals surface area (Å²) in [5.41, 5.74) is 5.79. The number of nitrogens with zero attached hydrogens (tertiary/aromatic N) is 5. The molecular formula is C24H29F3N8O2. The minimum atomic E-state index is -4.57. The molecule has 1 amide bonds. The van der Waals surface area contributed by atoms with Crippen LogP contribution in [0.3, 0.4) is 0 Å². The van der Waals surface area contributed by atoms with Crippen molar-refractivity contribution in [3.8, 4) is 0 Å². The summed E-state index contributed by atoms with van der Waals surface area (Å²) in [4.78, 5) is 28.9. The minimum absolute atomic E-state index is 0.0714. The maximum atomic E-state index is 13.2. The zero-order valence-electron chi connectivity index (χ0n) is 20.3. The van der Waals surface area contributed by atoms with Crippen LogP contribution in [-0.2, 0) is 15.7 Å². The van der Waals surface area contributed by atoms with E-state index in [1.165, 1.54) is 6.07 Å². The van der Waals surface area contributed by atoms with Crippen LogP contribution in [0.15, 0.2) is 24.5 Å². The van der Waals surface area contributed by atoms with Gasteiger partial charge in [0.25, 0.3) is 0 Å². The highest BCUT2D eigenvalue weighted by atomic mass is 19.4. The molecule has 10 nitrogen and oxygen atoms in total. The summed E-state index contributed by atoms with van der Waals surface area (Å²) in [5, 5.41) is 6.41. The van der Waals surface area contributed by atoms with E-state index in [0.29, 0.717) is 55.4 Å². The van der Waals surface area contributed by atoms with Crippen molar-refractivity contribution in [2.75, 3.05) is 17.2 Å². The minimum Gasteiger partial charge on any atom is -0.378 e. The number of hydrogen-bond acceptors (Lipinski definition) is 8. The van der Waals surface area contributed by atoms with E-state index in [1.807, 2.05) is 11.5 Å². The lowest BCUT2D eigenvalue weighted by Gasteiger charge is -2.29. The molecule has 0 radical (unpaired) electrons. The van der Waals surface area contributed by atoms with Gasteiger partial charge in [-0.3, -0.25) is 14.3 Å². The highest BCUT2D eigenvalue weighted by Gasteiger charge is 2.33. The van der Waals surface area contributed by atoms with Crippen LogP contribution in [0.1, 0.15) is 57.2 Å². The van der Waals surface area contributed by atoms with Gasteiger partial charge in [0.05, 0.1) is 12.3 Å². The molecule has 3 aromatic rings. The van der Waals surface area contributed by atoms with Crippen LogP contribution in [-0.4, -0.2) is 49.2 Å². The average Bonchev–Trinajstić information content (AvgIpc) is 3.20. The lowest BCUT2D eigenvalue weighted by atomic mass is 9.85. The van der Waals surface area contributed by atoms with Crippen molar-refractivity contribution in [3.63, 3.8) is 0 Å². The first-order valence-electron chi connectivity index (χ1n) is 12.4. The number of ether oxygens (including phenoxy) is 1. The van der Waals surface area contributed by atoms with E-state index in [4.69, 9.17) is 15.5 Å². The van der Waals surface area contributed by atoms with Gasteiger partial charge in [0.2, 0.25) is 17.8 Å². The largest absolute Gasteiger partial charge is 0.433 e. The molecule has 3 aromatic heterocycles. The summed E-state index contributed by atoms with van der Waals surface area (Å²) in [5.74, 6) is 0.291. The topological polar surface area (TPSA) is 133 Å². The van der Waals surface area contributed by atoms with Crippen LogP contribution >= 0.6 is 0 Å². The van der Waals surface area contributed by atoms with Gasteiger partial charge in [0.15, 0.2) is 5.65 Å². The molecule has 4 heterocycles. The summed E-state index contributed by atoms with van der Waals surface area (Å²) >= 11 is 0. The zero-order valence-corrected chi connectivity index (χ0v) is 20.3. The molecule has 1 saturated heterocycles. The Morgan fingerprint density at radius 3 is 2.65 bits per heavy atom. The van der Waals surface area contributed by atoms with Crippen molar-refractivity contribution < 1.29 is 22.7 Å². The molecule has 4 N–H and O–H groups in total. The number of aromatic nitrogens is 5. The quantitative estimate of drug-likeness (QED) is 0.443. The van der Waals surface area contributed by atoms with Gasteiger partial charge in [-0.25, -0.2) is 9.97 Å². The second kappa shape index (κ2) is 10.1. The molecule has 198 valence electrons. The van der Waals surface area contributed by atoms with Crippen molar-refractivity contribution >= 4 is 34.7 Å². The Bertz CT molecular complexity index is 1270. The number of nitrogens with two attached hydrogens (primary N) is 1. The summed E-state index contributed by atoms with van der Waals surface area (Å²) < 4.78 is 47.2. The number of alkyl halides is 3. The number of halogens is 3. The number of carbonyl (C=O) groups is 1. The van der Waals surface area contributed by atoms with E-state index in [9.17, 15) is 18.0 Å². The predicted octanol–water partition coefficient (Wildman–Crippen LogP) is 4.18. The van der Waals surface area contributed by atoms with Gasteiger partial charge in [-0.05, 0) is 57.6 Å². The maximum absolute atomic E-state index is 13.2. The van der Waals surface area contributed by atoms with Crippen molar-refractivity contribution in [1.82, 2.24) is 24.5 Å². The number of pyridine rings is 1. The first kappa shape index (κ1) is 25.2. The number of carbonyl (C=O) groups excluding carboxylic acids is 1. The standard InChI is InChI=1S/C24H29F3N8O2/c1-13-10-16(7-9-37-13)31-22-30-12-18-21(34-22)35(17-4-2-14(3-5-17)20(28)36)23(33-18)32-15-6-8-29-19(11-15)24(25,26)27/h6,8,11-14,16-17H,2-5,7,9-10H2,1H3,(H2,28,36)(H,29,32,33)(H,30,31,34)/t13-,14?,16-,17?/m0/s1. The fourth-order valence-electron chi connectivity index (χ4n) is 5.12. The van der Waals surface area contributed by atoms with Crippen LogP contribution in [0.25, 0.3) is 11.2 Å². The summed E-state index contributed by atoms with van der Waals surface area (Å²) in [7, 11) is 0. The molecule has 5 rings (SSSR count). The smallest absolute Gasteiger partial charge is 0.378 e. The Balaban J connectivity index is 1.49. The van der Waals surface area contributed by atoms with Crippen LogP contribution in [0.4, 0.5) is 30.8 Å². The molecule has 37 heavy (non-hydrogen) atoms. The monoisotopic (exact) mass is 518 g/mol. The van der Waals surface area contributed by atoms with Gasteiger partial charge < -0.3 is 21.1 Å². The number of rotatable bonds is 6. The first-order valence-corrected chi connectivity index (χ1v) is 12.4. The molecular weight excluding hydrogens is 489 g/mol. The van der Waals surface area contributed by atoms with Crippen LogP contribution in [0.2, 0.25) is 0 Å². The third-order valence-corrected chi connectivity index (χ3v) is 7.02. The van der Waals surface area contributed by atoms with Crippen LogP contribution < -0.4 is 16.4 Å². The van der Waals surface area contributed by atoms with Crippen molar-refractivity contribution in [3.05, 3.63) is 30.2 Å². The molecule has 0 bridgehead atoms. The van der Waals surface area contributed by atoms with Gasteiger partial charge >= 0.3 is 6.18 Å². The van der Waals surface area contributed by atoms with Crippen molar-refractivity contribution in [2.24, 2.45) is 11.7 Å². The number of nitrogens with one attached hydrogen (secondary N) is 2. The fourth-order valence-corrected chi connectivity index (χ4v) is 5.12. The number of hydrogen-bond donors (Lipinski definition) is 3.